The van der Waals surface area contributed by atoms with Gasteiger partial charge in [0.1, 0.15) is 0 Å². The fourth-order valence-electron chi connectivity index (χ4n) is 1.29. The molecule has 1 heterocycles. The van der Waals surface area contributed by atoms with Crippen LogP contribution >= 0.6 is 27.3 Å². The van der Waals surface area contributed by atoms with Crippen molar-refractivity contribution in [2.24, 2.45) is 0 Å². The number of benzene rings is 1. The van der Waals surface area contributed by atoms with Gasteiger partial charge in [0.05, 0.1) is 4.88 Å². The van der Waals surface area contributed by atoms with Crippen LogP contribution in [0.1, 0.15) is 9.67 Å². The first-order valence-corrected chi connectivity index (χ1v) is 6.69. The van der Waals surface area contributed by atoms with Crippen LogP contribution in [0.25, 0.3) is 0 Å². The summed E-state index contributed by atoms with van der Waals surface area (Å²) in [6.45, 7) is 0. The van der Waals surface area contributed by atoms with Crippen molar-refractivity contribution in [3.8, 4) is 0 Å². The lowest BCUT2D eigenvalue weighted by Crippen LogP contribution is -1.93. The van der Waals surface area contributed by atoms with Gasteiger partial charge in [-0.25, -0.2) is 0 Å². The average molecular weight is 308 g/mol. The first-order valence-electron chi connectivity index (χ1n) is 5.02. The van der Waals surface area contributed by atoms with E-state index >= 15 is 0 Å². The van der Waals surface area contributed by atoms with Crippen LogP contribution in [0, 0.1) is 0 Å². The minimum absolute atomic E-state index is 0.0162. The summed E-state index contributed by atoms with van der Waals surface area (Å²) in [6, 6.07) is 11.4. The van der Waals surface area contributed by atoms with E-state index in [4.69, 9.17) is 0 Å². The Morgan fingerprint density at radius 3 is 2.88 bits per heavy atom. The van der Waals surface area contributed by atoms with Crippen LogP contribution in [-0.4, -0.2) is 5.78 Å². The number of carbonyl (C=O) groups is 1. The van der Waals surface area contributed by atoms with Crippen molar-refractivity contribution < 1.29 is 4.79 Å². The quantitative estimate of drug-likeness (QED) is 0.673. The molecule has 0 unspecified atom stereocenters. The van der Waals surface area contributed by atoms with Crippen molar-refractivity contribution in [3.63, 3.8) is 0 Å². The molecule has 2 nitrogen and oxygen atoms in total. The second-order valence-corrected chi connectivity index (χ2v) is 5.19. The number of rotatable bonds is 4. The van der Waals surface area contributed by atoms with Gasteiger partial charge in [0.25, 0.3) is 0 Å². The lowest BCUT2D eigenvalue weighted by Gasteiger charge is -2.00. The monoisotopic (exact) mass is 307 g/mol. The third-order valence-corrected chi connectivity index (χ3v) is 3.45. The predicted octanol–water partition coefficient (Wildman–Crippen LogP) is 4.32. The van der Waals surface area contributed by atoms with Crippen molar-refractivity contribution in [3.05, 3.63) is 63.4 Å². The molecular formula is C13H10BrNOS. The molecule has 0 saturated heterocycles. The molecule has 0 fully saturated rings. The minimum Gasteiger partial charge on any atom is -0.362 e. The topological polar surface area (TPSA) is 29.1 Å². The summed E-state index contributed by atoms with van der Waals surface area (Å²) in [7, 11) is 0. The predicted molar refractivity (Wildman–Crippen MR) is 75.6 cm³/mol. The fraction of sp³-hybridized carbons (Fsp3) is 0. The molecule has 2 rings (SSSR count). The Balaban J connectivity index is 1.96. The fourth-order valence-corrected chi connectivity index (χ4v) is 2.34. The SMILES string of the molecule is O=C(/C=C/Nc1cccc(Br)c1)c1cccs1. The van der Waals surface area contributed by atoms with E-state index in [2.05, 4.69) is 21.2 Å². The zero-order valence-corrected chi connectivity index (χ0v) is 11.3. The summed E-state index contributed by atoms with van der Waals surface area (Å²) >= 11 is 4.83. The highest BCUT2D eigenvalue weighted by Crippen LogP contribution is 2.15. The maximum Gasteiger partial charge on any atom is 0.197 e. The molecule has 0 spiro atoms. The van der Waals surface area contributed by atoms with E-state index in [0.717, 1.165) is 15.0 Å². The maximum atomic E-state index is 11.6. The molecule has 4 heteroatoms. The van der Waals surface area contributed by atoms with Crippen molar-refractivity contribution in [1.82, 2.24) is 0 Å². The van der Waals surface area contributed by atoms with Gasteiger partial charge in [-0.1, -0.05) is 28.1 Å². The van der Waals surface area contributed by atoms with Crippen LogP contribution in [0.5, 0.6) is 0 Å². The molecule has 0 saturated carbocycles. The van der Waals surface area contributed by atoms with Crippen LogP contribution in [0.15, 0.2) is 58.5 Å². The number of hydrogen-bond donors (Lipinski definition) is 1. The van der Waals surface area contributed by atoms with Crippen LogP contribution in [-0.2, 0) is 0 Å². The second kappa shape index (κ2) is 5.80. The number of hydrogen-bond acceptors (Lipinski definition) is 3. The molecule has 1 aromatic heterocycles. The van der Waals surface area contributed by atoms with Gasteiger partial charge >= 0.3 is 0 Å². The average Bonchev–Trinajstić information content (AvgIpc) is 2.82. The highest BCUT2D eigenvalue weighted by atomic mass is 79.9. The first-order chi connectivity index (χ1) is 8.25. The molecule has 0 amide bonds. The highest BCUT2D eigenvalue weighted by molar-refractivity contribution is 9.10. The van der Waals surface area contributed by atoms with Gasteiger partial charge in [-0.15, -0.1) is 11.3 Å². The maximum absolute atomic E-state index is 11.6. The van der Waals surface area contributed by atoms with E-state index in [1.165, 1.54) is 17.4 Å². The number of anilines is 1. The molecule has 2 aromatic rings. The number of nitrogens with one attached hydrogen (secondary N) is 1. The Morgan fingerprint density at radius 1 is 1.29 bits per heavy atom. The molecular weight excluding hydrogens is 298 g/mol. The Bertz CT molecular complexity index is 534. The van der Waals surface area contributed by atoms with Gasteiger partial charge < -0.3 is 5.32 Å². The normalized spacial score (nSPS) is 10.6. The van der Waals surface area contributed by atoms with Gasteiger partial charge in [0.15, 0.2) is 5.78 Å². The number of allylic oxidation sites excluding steroid dienone is 1. The lowest BCUT2D eigenvalue weighted by atomic mass is 10.3. The smallest absolute Gasteiger partial charge is 0.197 e. The third kappa shape index (κ3) is 3.54. The molecule has 0 atom stereocenters. The zero-order valence-electron chi connectivity index (χ0n) is 8.89. The van der Waals surface area contributed by atoms with E-state index in [1.807, 2.05) is 41.8 Å². The van der Waals surface area contributed by atoms with Crippen LogP contribution in [0.3, 0.4) is 0 Å². The number of thiophene rings is 1. The Kier molecular flexibility index (Phi) is 4.12. The molecule has 0 aliphatic heterocycles. The van der Waals surface area contributed by atoms with E-state index < -0.39 is 0 Å². The number of carbonyl (C=O) groups excluding carboxylic acids is 1. The summed E-state index contributed by atoms with van der Waals surface area (Å²) in [6.07, 6.45) is 3.19. The largest absolute Gasteiger partial charge is 0.362 e. The Labute approximate surface area is 112 Å². The van der Waals surface area contributed by atoms with Gasteiger partial charge in [-0.3, -0.25) is 4.79 Å². The number of ketones is 1. The Hall–Kier alpha value is -1.39. The third-order valence-electron chi connectivity index (χ3n) is 2.07. The molecule has 0 aliphatic carbocycles. The van der Waals surface area contributed by atoms with Crippen LogP contribution < -0.4 is 5.32 Å². The lowest BCUT2D eigenvalue weighted by molar-refractivity contribution is 0.105. The summed E-state index contributed by atoms with van der Waals surface area (Å²) in [5, 5.41) is 4.94. The van der Waals surface area contributed by atoms with Gasteiger partial charge in [0, 0.05) is 22.4 Å². The Morgan fingerprint density at radius 2 is 2.18 bits per heavy atom. The van der Waals surface area contributed by atoms with E-state index in [1.54, 1.807) is 6.20 Å². The molecule has 17 heavy (non-hydrogen) atoms. The van der Waals surface area contributed by atoms with E-state index in [0.29, 0.717) is 0 Å². The molecule has 1 aromatic carbocycles. The minimum atomic E-state index is 0.0162. The molecule has 0 radical (unpaired) electrons. The standard InChI is InChI=1S/C13H10BrNOS/c14-10-3-1-4-11(9-10)15-7-6-12(16)13-5-2-8-17-13/h1-9,15H/b7-6+. The zero-order chi connectivity index (χ0) is 12.1. The summed E-state index contributed by atoms with van der Waals surface area (Å²) in [5.74, 6) is 0.0162. The van der Waals surface area contributed by atoms with Crippen molar-refractivity contribution in [2.75, 3.05) is 5.32 Å². The summed E-state index contributed by atoms with van der Waals surface area (Å²) in [5.41, 5.74) is 0.939. The van der Waals surface area contributed by atoms with Crippen LogP contribution in [0.2, 0.25) is 0 Å². The highest BCUT2D eigenvalue weighted by Gasteiger charge is 2.00. The van der Waals surface area contributed by atoms with Gasteiger partial charge in [-0.2, -0.15) is 0 Å². The summed E-state index contributed by atoms with van der Waals surface area (Å²) in [4.78, 5) is 12.4. The summed E-state index contributed by atoms with van der Waals surface area (Å²) < 4.78 is 1.00. The molecule has 1 N–H and O–H groups in total. The van der Waals surface area contributed by atoms with Crippen LogP contribution in [0.4, 0.5) is 5.69 Å². The van der Waals surface area contributed by atoms with Crippen molar-refractivity contribution in [2.45, 2.75) is 0 Å². The van der Waals surface area contributed by atoms with E-state index in [9.17, 15) is 4.79 Å². The molecule has 86 valence electrons. The number of halogens is 1. The van der Waals surface area contributed by atoms with E-state index in [-0.39, 0.29) is 5.78 Å². The van der Waals surface area contributed by atoms with Crippen molar-refractivity contribution in [1.29, 1.82) is 0 Å². The second-order valence-electron chi connectivity index (χ2n) is 3.33. The van der Waals surface area contributed by atoms with Crippen molar-refractivity contribution >= 4 is 38.7 Å². The van der Waals surface area contributed by atoms with Gasteiger partial charge in [0.2, 0.25) is 0 Å². The molecule has 0 aliphatic rings. The first kappa shape index (κ1) is 12.1. The molecule has 0 bridgehead atoms. The van der Waals surface area contributed by atoms with Gasteiger partial charge in [-0.05, 0) is 29.6 Å².